The van der Waals surface area contributed by atoms with Crippen molar-refractivity contribution in [3.8, 4) is 17.2 Å². The number of nitrogens with one attached hydrogen (secondary N) is 2. The smallest absolute Gasteiger partial charge is 0.237 e. The maximum Gasteiger partial charge on any atom is 0.237 e. The van der Waals surface area contributed by atoms with Crippen LogP contribution in [0.25, 0.3) is 0 Å². The molecular weight excluding hydrogens is 346 g/mol. The van der Waals surface area contributed by atoms with Crippen LogP contribution in [-0.2, 0) is 11.3 Å². The van der Waals surface area contributed by atoms with Gasteiger partial charge in [0.1, 0.15) is 19.0 Å². The number of likely N-dealkylation sites (tertiary alicyclic amines) is 1. The summed E-state index contributed by atoms with van der Waals surface area (Å²) >= 11 is 0. The van der Waals surface area contributed by atoms with Crippen LogP contribution in [0.2, 0.25) is 0 Å². The highest BCUT2D eigenvalue weighted by Crippen LogP contribution is 2.41. The first-order valence-corrected chi connectivity index (χ1v) is 9.75. The Morgan fingerprint density at radius 3 is 2.70 bits per heavy atom. The summed E-state index contributed by atoms with van der Waals surface area (Å²) in [5, 5.41) is 6.53. The van der Waals surface area contributed by atoms with Gasteiger partial charge in [-0.25, -0.2) is 0 Å². The standard InChI is InChI=1S/C20H29N3O4/c1-23-13-20(3-5-21-6-4-20)11-15(23)19(24)22-12-14-9-17-18(10-16(14)25-2)27-8-7-26-17/h9-10,15,21H,3-8,11-13H2,1-2H3,(H,22,24)/t15-/m1/s1. The van der Waals surface area contributed by atoms with Crippen molar-refractivity contribution in [3.05, 3.63) is 17.7 Å². The SMILES string of the molecule is COc1cc2c(cc1CNC(=O)[C@H]1CC3(CCNCC3)CN1C)OCCO2. The molecule has 4 rings (SSSR count). The summed E-state index contributed by atoms with van der Waals surface area (Å²) in [5.74, 6) is 2.19. The average Bonchev–Trinajstić information content (AvgIpc) is 3.01. The fourth-order valence-electron chi connectivity index (χ4n) is 4.62. The first-order valence-electron chi connectivity index (χ1n) is 9.75. The molecule has 0 radical (unpaired) electrons. The van der Waals surface area contributed by atoms with Gasteiger partial charge in [-0.15, -0.1) is 0 Å². The Bertz CT molecular complexity index is 703. The Balaban J connectivity index is 1.42. The van der Waals surface area contributed by atoms with Gasteiger partial charge >= 0.3 is 0 Å². The van der Waals surface area contributed by atoms with E-state index >= 15 is 0 Å². The molecule has 2 N–H and O–H groups in total. The van der Waals surface area contributed by atoms with Crippen molar-refractivity contribution in [1.29, 1.82) is 0 Å². The first-order chi connectivity index (χ1) is 13.1. The van der Waals surface area contributed by atoms with Crippen LogP contribution in [0.4, 0.5) is 0 Å². The zero-order valence-corrected chi connectivity index (χ0v) is 16.2. The number of nitrogens with zero attached hydrogens (tertiary/aromatic N) is 1. The molecule has 3 aliphatic heterocycles. The van der Waals surface area contributed by atoms with E-state index in [-0.39, 0.29) is 17.4 Å². The number of methoxy groups -OCH3 is 1. The normalized spacial score (nSPS) is 24.0. The van der Waals surface area contributed by atoms with E-state index in [1.54, 1.807) is 7.11 Å². The molecule has 0 aliphatic carbocycles. The minimum atomic E-state index is -0.0636. The van der Waals surface area contributed by atoms with Crippen LogP contribution in [0.5, 0.6) is 17.2 Å². The average molecular weight is 375 g/mol. The maximum absolute atomic E-state index is 12.9. The van der Waals surface area contributed by atoms with Crippen molar-refractivity contribution in [3.63, 3.8) is 0 Å². The third-order valence-electron chi connectivity index (χ3n) is 6.11. The molecule has 0 bridgehead atoms. The summed E-state index contributed by atoms with van der Waals surface area (Å²) in [6.45, 7) is 4.59. The number of ether oxygens (including phenoxy) is 3. The topological polar surface area (TPSA) is 72.1 Å². The van der Waals surface area contributed by atoms with Crippen LogP contribution in [0.3, 0.4) is 0 Å². The lowest BCUT2D eigenvalue weighted by molar-refractivity contribution is -0.125. The molecule has 0 aromatic heterocycles. The van der Waals surface area contributed by atoms with Crippen LogP contribution in [-0.4, -0.2) is 63.9 Å². The highest BCUT2D eigenvalue weighted by atomic mass is 16.6. The van der Waals surface area contributed by atoms with Crippen LogP contribution in [0, 0.1) is 5.41 Å². The minimum Gasteiger partial charge on any atom is -0.496 e. The summed E-state index contributed by atoms with van der Waals surface area (Å²) in [7, 11) is 3.69. The van der Waals surface area contributed by atoms with E-state index < -0.39 is 0 Å². The summed E-state index contributed by atoms with van der Waals surface area (Å²) in [5.41, 5.74) is 1.18. The number of hydrogen-bond donors (Lipinski definition) is 2. The lowest BCUT2D eigenvalue weighted by Gasteiger charge is -2.33. The van der Waals surface area contributed by atoms with Crippen molar-refractivity contribution in [2.75, 3.05) is 47.0 Å². The summed E-state index contributed by atoms with van der Waals surface area (Å²) in [6, 6.07) is 3.67. The number of carbonyl (C=O) groups excluding carboxylic acids is 1. The number of rotatable bonds is 4. The van der Waals surface area contributed by atoms with Gasteiger partial charge in [-0.05, 0) is 50.9 Å². The minimum absolute atomic E-state index is 0.0636. The summed E-state index contributed by atoms with van der Waals surface area (Å²) in [6.07, 6.45) is 3.24. The predicted octanol–water partition coefficient (Wildman–Crippen LogP) is 1.16. The van der Waals surface area contributed by atoms with E-state index in [2.05, 4.69) is 22.6 Å². The Morgan fingerprint density at radius 1 is 1.30 bits per heavy atom. The maximum atomic E-state index is 12.9. The molecule has 3 heterocycles. The van der Waals surface area contributed by atoms with Crippen molar-refractivity contribution < 1.29 is 19.0 Å². The lowest BCUT2D eigenvalue weighted by atomic mass is 9.77. The number of benzene rings is 1. The Morgan fingerprint density at radius 2 is 2.00 bits per heavy atom. The molecule has 1 aromatic rings. The fourth-order valence-corrected chi connectivity index (χ4v) is 4.62. The molecule has 2 saturated heterocycles. The molecule has 7 heteroatoms. The molecule has 1 amide bonds. The van der Waals surface area contributed by atoms with Gasteiger partial charge in [-0.1, -0.05) is 0 Å². The first kappa shape index (κ1) is 18.4. The fraction of sp³-hybridized carbons (Fsp3) is 0.650. The Labute approximate surface area is 160 Å². The van der Waals surface area contributed by atoms with Gasteiger partial charge in [0.15, 0.2) is 11.5 Å². The van der Waals surface area contributed by atoms with Gasteiger partial charge in [0.2, 0.25) is 5.91 Å². The number of amides is 1. The molecule has 27 heavy (non-hydrogen) atoms. The van der Waals surface area contributed by atoms with Crippen LogP contribution < -0.4 is 24.8 Å². The molecule has 3 aliphatic rings. The van der Waals surface area contributed by atoms with Crippen LogP contribution in [0.1, 0.15) is 24.8 Å². The highest BCUT2D eigenvalue weighted by Gasteiger charge is 2.45. The lowest BCUT2D eigenvalue weighted by Crippen LogP contribution is -2.41. The number of likely N-dealkylation sites (N-methyl/N-ethyl adjacent to an activating group) is 1. The van der Waals surface area contributed by atoms with Gasteiger partial charge in [-0.3, -0.25) is 9.69 Å². The zero-order chi connectivity index (χ0) is 18.9. The second-order valence-corrected chi connectivity index (χ2v) is 7.91. The Hall–Kier alpha value is -1.99. The van der Waals surface area contributed by atoms with E-state index in [4.69, 9.17) is 14.2 Å². The third-order valence-corrected chi connectivity index (χ3v) is 6.11. The molecule has 1 aromatic carbocycles. The van der Waals surface area contributed by atoms with Gasteiger partial charge < -0.3 is 24.8 Å². The van der Waals surface area contributed by atoms with Gasteiger partial charge in [-0.2, -0.15) is 0 Å². The van der Waals surface area contributed by atoms with E-state index in [1.165, 1.54) is 0 Å². The van der Waals surface area contributed by atoms with Crippen LogP contribution >= 0.6 is 0 Å². The van der Waals surface area contributed by atoms with Crippen molar-refractivity contribution in [2.24, 2.45) is 5.41 Å². The second kappa shape index (κ2) is 7.56. The van der Waals surface area contributed by atoms with Crippen molar-refractivity contribution in [1.82, 2.24) is 15.5 Å². The molecule has 7 nitrogen and oxygen atoms in total. The Kier molecular flexibility index (Phi) is 5.14. The van der Waals surface area contributed by atoms with Gasteiger partial charge in [0, 0.05) is 24.7 Å². The summed E-state index contributed by atoms with van der Waals surface area (Å²) in [4.78, 5) is 15.1. The second-order valence-electron chi connectivity index (χ2n) is 7.91. The number of carbonyl (C=O) groups is 1. The molecule has 1 atom stereocenters. The van der Waals surface area contributed by atoms with Gasteiger partial charge in [0.25, 0.3) is 0 Å². The quantitative estimate of drug-likeness (QED) is 0.823. The van der Waals surface area contributed by atoms with E-state index in [0.29, 0.717) is 37.0 Å². The molecule has 1 spiro atoms. The predicted molar refractivity (Wildman–Crippen MR) is 101 cm³/mol. The molecule has 148 valence electrons. The zero-order valence-electron chi connectivity index (χ0n) is 16.2. The largest absolute Gasteiger partial charge is 0.496 e. The molecule has 2 fully saturated rings. The highest BCUT2D eigenvalue weighted by molar-refractivity contribution is 5.82. The number of piperidine rings is 1. The number of fused-ring (bicyclic) bond motifs is 1. The van der Waals surface area contributed by atoms with Gasteiger partial charge in [0.05, 0.1) is 13.2 Å². The monoisotopic (exact) mass is 375 g/mol. The van der Waals surface area contributed by atoms with Crippen molar-refractivity contribution in [2.45, 2.75) is 31.8 Å². The van der Waals surface area contributed by atoms with E-state index in [9.17, 15) is 4.79 Å². The molecule has 0 unspecified atom stereocenters. The third kappa shape index (κ3) is 3.71. The van der Waals surface area contributed by atoms with Crippen LogP contribution in [0.15, 0.2) is 12.1 Å². The molecule has 0 saturated carbocycles. The molecular formula is C20H29N3O4. The number of hydrogen-bond acceptors (Lipinski definition) is 6. The van der Waals surface area contributed by atoms with E-state index in [0.717, 1.165) is 44.5 Å². The van der Waals surface area contributed by atoms with E-state index in [1.807, 2.05) is 12.1 Å². The summed E-state index contributed by atoms with van der Waals surface area (Å²) < 4.78 is 16.7. The van der Waals surface area contributed by atoms with Crippen molar-refractivity contribution >= 4 is 5.91 Å².